The van der Waals surface area contributed by atoms with Crippen molar-refractivity contribution in [2.75, 3.05) is 26.4 Å². The lowest BCUT2D eigenvalue weighted by Crippen LogP contribution is -2.46. The Labute approximate surface area is 96.2 Å². The number of hydrogen-bond acceptors (Lipinski definition) is 4. The maximum Gasteiger partial charge on any atom is 0.321 e. The number of thioether (sulfide) groups is 1. The van der Waals surface area contributed by atoms with Gasteiger partial charge < -0.3 is 15.7 Å². The molecule has 90 valence electrons. The van der Waals surface area contributed by atoms with Crippen LogP contribution in [-0.4, -0.2) is 53.2 Å². The second kappa shape index (κ2) is 6.35. The Morgan fingerprint density at radius 1 is 1.53 bits per heavy atom. The molecule has 0 unspecified atom stereocenters. The summed E-state index contributed by atoms with van der Waals surface area (Å²) in [6, 6.07) is -0.804. The van der Waals surface area contributed by atoms with Crippen molar-refractivity contribution < 1.29 is 9.90 Å². The first kappa shape index (κ1) is 14.7. The number of carboxylic acids is 1. The summed E-state index contributed by atoms with van der Waals surface area (Å²) in [6.07, 6.45) is 1.05. The zero-order valence-corrected chi connectivity index (χ0v) is 10.8. The zero-order chi connectivity index (χ0) is 12.1. The molecule has 0 bridgehead atoms. The van der Waals surface area contributed by atoms with Gasteiger partial charge in [0.2, 0.25) is 0 Å². The number of nitrogens with two attached hydrogens (primary N) is 1. The van der Waals surface area contributed by atoms with Gasteiger partial charge in [-0.1, -0.05) is 0 Å². The van der Waals surface area contributed by atoms with Gasteiger partial charge in [-0.25, -0.2) is 0 Å². The summed E-state index contributed by atoms with van der Waals surface area (Å²) >= 11 is 1.62. The van der Waals surface area contributed by atoms with E-state index >= 15 is 0 Å². The molecule has 0 heterocycles. The van der Waals surface area contributed by atoms with E-state index < -0.39 is 16.8 Å². The number of rotatable bonds is 7. The number of hydrogen-bond donors (Lipinski definition) is 2. The van der Waals surface area contributed by atoms with Crippen LogP contribution in [0.15, 0.2) is 0 Å². The Hall–Kier alpha value is -0.260. The highest BCUT2D eigenvalue weighted by atomic mass is 32.2. The van der Waals surface area contributed by atoms with Crippen LogP contribution in [0.25, 0.3) is 0 Å². The van der Waals surface area contributed by atoms with Gasteiger partial charge in [0, 0.05) is 4.75 Å². The van der Waals surface area contributed by atoms with Gasteiger partial charge in [-0.05, 0) is 46.7 Å². The molecule has 0 aromatic heterocycles. The molecule has 0 spiro atoms. The van der Waals surface area contributed by atoms with Crippen molar-refractivity contribution in [2.24, 2.45) is 5.73 Å². The highest BCUT2D eigenvalue weighted by molar-refractivity contribution is 8.00. The van der Waals surface area contributed by atoms with Gasteiger partial charge in [0.1, 0.15) is 6.04 Å². The smallest absolute Gasteiger partial charge is 0.321 e. The van der Waals surface area contributed by atoms with Crippen LogP contribution in [0.1, 0.15) is 20.3 Å². The fourth-order valence-corrected chi connectivity index (χ4v) is 2.18. The first-order chi connectivity index (χ1) is 6.77. The summed E-state index contributed by atoms with van der Waals surface area (Å²) in [7, 11) is 4.05. The maximum atomic E-state index is 10.7. The molecule has 3 N–H and O–H groups in total. The SMILES string of the molecule is CN(C)CCCSC(C)(C)[C@@H](N)C(=O)O. The number of nitrogens with zero attached hydrogens (tertiary/aromatic N) is 1. The second-order valence-electron chi connectivity index (χ2n) is 4.42. The minimum atomic E-state index is -0.930. The van der Waals surface area contributed by atoms with Crippen molar-refractivity contribution in [1.82, 2.24) is 4.90 Å². The highest BCUT2D eigenvalue weighted by Crippen LogP contribution is 2.27. The summed E-state index contributed by atoms with van der Waals surface area (Å²) in [5, 5.41) is 8.82. The summed E-state index contributed by atoms with van der Waals surface area (Å²) in [5.41, 5.74) is 5.61. The topological polar surface area (TPSA) is 66.6 Å². The van der Waals surface area contributed by atoms with E-state index in [1.54, 1.807) is 11.8 Å². The van der Waals surface area contributed by atoms with E-state index in [9.17, 15) is 4.79 Å². The molecule has 0 aliphatic carbocycles. The lowest BCUT2D eigenvalue weighted by molar-refractivity contribution is -0.139. The molecule has 5 heteroatoms. The van der Waals surface area contributed by atoms with Crippen LogP contribution in [0.4, 0.5) is 0 Å². The lowest BCUT2D eigenvalue weighted by Gasteiger charge is -2.28. The van der Waals surface area contributed by atoms with Crippen LogP contribution in [-0.2, 0) is 4.79 Å². The van der Waals surface area contributed by atoms with Crippen LogP contribution in [0.5, 0.6) is 0 Å². The Morgan fingerprint density at radius 3 is 2.47 bits per heavy atom. The molecule has 0 aliphatic heterocycles. The molecule has 0 saturated carbocycles. The van der Waals surface area contributed by atoms with E-state index in [1.165, 1.54) is 0 Å². The molecule has 1 atom stereocenters. The Morgan fingerprint density at radius 2 is 2.07 bits per heavy atom. The molecular weight excluding hydrogens is 212 g/mol. The molecule has 15 heavy (non-hydrogen) atoms. The molecule has 0 aromatic rings. The second-order valence-corrected chi connectivity index (χ2v) is 6.17. The molecule has 0 saturated heterocycles. The van der Waals surface area contributed by atoms with E-state index in [0.29, 0.717) is 0 Å². The Bertz CT molecular complexity index is 208. The predicted molar refractivity (Wildman–Crippen MR) is 65.3 cm³/mol. The first-order valence-electron chi connectivity index (χ1n) is 5.04. The van der Waals surface area contributed by atoms with Crippen molar-refractivity contribution in [1.29, 1.82) is 0 Å². The third kappa shape index (κ3) is 6.02. The highest BCUT2D eigenvalue weighted by Gasteiger charge is 2.32. The quantitative estimate of drug-likeness (QED) is 0.640. The maximum absolute atomic E-state index is 10.7. The van der Waals surface area contributed by atoms with Crippen LogP contribution >= 0.6 is 11.8 Å². The van der Waals surface area contributed by atoms with E-state index in [2.05, 4.69) is 4.90 Å². The van der Waals surface area contributed by atoms with Crippen molar-refractivity contribution in [3.8, 4) is 0 Å². The van der Waals surface area contributed by atoms with Crippen LogP contribution in [0.3, 0.4) is 0 Å². The number of aliphatic carboxylic acids is 1. The first-order valence-corrected chi connectivity index (χ1v) is 6.03. The van der Waals surface area contributed by atoms with Crippen LogP contribution in [0, 0.1) is 0 Å². The summed E-state index contributed by atoms with van der Waals surface area (Å²) in [4.78, 5) is 12.9. The zero-order valence-electron chi connectivity index (χ0n) is 9.99. The predicted octanol–water partition coefficient (Wildman–Crippen LogP) is 0.862. The van der Waals surface area contributed by atoms with Crippen LogP contribution < -0.4 is 5.73 Å². The van der Waals surface area contributed by atoms with Crippen molar-refractivity contribution in [2.45, 2.75) is 31.1 Å². The van der Waals surface area contributed by atoms with Gasteiger partial charge in [0.25, 0.3) is 0 Å². The fraction of sp³-hybridized carbons (Fsp3) is 0.900. The minimum Gasteiger partial charge on any atom is -0.480 e. The van der Waals surface area contributed by atoms with Gasteiger partial charge in [0.15, 0.2) is 0 Å². The van der Waals surface area contributed by atoms with Gasteiger partial charge in [0.05, 0.1) is 0 Å². The molecule has 0 aliphatic rings. The molecule has 0 aromatic carbocycles. The third-order valence-corrected chi connectivity index (χ3v) is 3.73. The van der Waals surface area contributed by atoms with Gasteiger partial charge >= 0.3 is 5.97 Å². The Kier molecular flexibility index (Phi) is 6.24. The molecule has 0 amide bonds. The molecule has 4 nitrogen and oxygen atoms in total. The normalized spacial score (nSPS) is 14.3. The molecule has 0 radical (unpaired) electrons. The van der Waals surface area contributed by atoms with E-state index in [4.69, 9.17) is 10.8 Å². The molecular formula is C10H22N2O2S. The lowest BCUT2D eigenvalue weighted by atomic mass is 10.1. The van der Waals surface area contributed by atoms with Crippen molar-refractivity contribution in [3.05, 3.63) is 0 Å². The monoisotopic (exact) mass is 234 g/mol. The van der Waals surface area contributed by atoms with Crippen molar-refractivity contribution in [3.63, 3.8) is 0 Å². The third-order valence-electron chi connectivity index (χ3n) is 2.24. The molecule has 0 fully saturated rings. The average molecular weight is 234 g/mol. The van der Waals surface area contributed by atoms with Gasteiger partial charge in [-0.2, -0.15) is 11.8 Å². The summed E-state index contributed by atoms with van der Waals surface area (Å²) < 4.78 is -0.405. The fourth-order valence-electron chi connectivity index (χ4n) is 1.10. The van der Waals surface area contributed by atoms with Crippen molar-refractivity contribution >= 4 is 17.7 Å². The largest absolute Gasteiger partial charge is 0.480 e. The van der Waals surface area contributed by atoms with Crippen LogP contribution in [0.2, 0.25) is 0 Å². The number of carboxylic acid groups (broad SMARTS) is 1. The summed E-state index contributed by atoms with van der Waals surface area (Å²) in [6.45, 7) is 4.78. The van der Waals surface area contributed by atoms with E-state index in [0.717, 1.165) is 18.7 Å². The number of carbonyl (C=O) groups is 1. The molecule has 0 rings (SSSR count). The summed E-state index contributed by atoms with van der Waals surface area (Å²) in [5.74, 6) is 0.00621. The Balaban J connectivity index is 3.88. The van der Waals surface area contributed by atoms with E-state index in [1.807, 2.05) is 27.9 Å². The van der Waals surface area contributed by atoms with Gasteiger partial charge in [-0.15, -0.1) is 0 Å². The average Bonchev–Trinajstić information content (AvgIpc) is 2.10. The standard InChI is InChI=1S/C10H22N2O2S/c1-10(2,8(11)9(13)14)15-7-5-6-12(3)4/h8H,5-7,11H2,1-4H3,(H,13,14)/t8-/m0/s1. The van der Waals surface area contributed by atoms with Gasteiger partial charge in [-0.3, -0.25) is 4.79 Å². The minimum absolute atomic E-state index is 0.405. The van der Waals surface area contributed by atoms with E-state index in [-0.39, 0.29) is 0 Å².